The molecule has 1 unspecified atom stereocenters. The van der Waals surface area contributed by atoms with E-state index in [1.807, 2.05) is 14.2 Å². The second-order valence-corrected chi connectivity index (χ2v) is 8.23. The van der Waals surface area contributed by atoms with Gasteiger partial charge in [0, 0.05) is 20.1 Å². The Morgan fingerprint density at radius 3 is 1.92 bits per heavy atom. The van der Waals surface area contributed by atoms with E-state index in [0.29, 0.717) is 5.92 Å². The summed E-state index contributed by atoms with van der Waals surface area (Å²) in [6.07, 6.45) is 18.4. The van der Waals surface area contributed by atoms with Crippen molar-refractivity contribution >= 4 is 0 Å². The fourth-order valence-electron chi connectivity index (χ4n) is 4.67. The van der Waals surface area contributed by atoms with Crippen molar-refractivity contribution in [2.24, 2.45) is 5.92 Å². The number of rotatable bonds is 15. The van der Waals surface area contributed by atoms with E-state index >= 15 is 0 Å². The van der Waals surface area contributed by atoms with Crippen molar-refractivity contribution in [1.82, 2.24) is 4.90 Å². The fourth-order valence-corrected chi connectivity index (χ4v) is 4.67. The topological polar surface area (TPSA) is 21.7 Å². The van der Waals surface area contributed by atoms with Gasteiger partial charge < -0.3 is 14.4 Å². The molecule has 0 aliphatic carbocycles. The van der Waals surface area contributed by atoms with Crippen LogP contribution in [0.3, 0.4) is 0 Å². The molecule has 1 atom stereocenters. The van der Waals surface area contributed by atoms with Crippen LogP contribution in [0.25, 0.3) is 0 Å². The highest BCUT2D eigenvalue weighted by molar-refractivity contribution is 4.79. The van der Waals surface area contributed by atoms with E-state index in [-0.39, 0.29) is 5.79 Å². The van der Waals surface area contributed by atoms with Crippen LogP contribution in [0, 0.1) is 5.92 Å². The summed E-state index contributed by atoms with van der Waals surface area (Å²) in [5.74, 6) is 0.128. The van der Waals surface area contributed by atoms with E-state index < -0.39 is 0 Å². The molecule has 26 heavy (non-hydrogen) atoms. The smallest absolute Gasteiger partial charge is 0.170 e. The molecule has 0 spiro atoms. The van der Waals surface area contributed by atoms with Crippen LogP contribution in [0.5, 0.6) is 0 Å². The maximum Gasteiger partial charge on any atom is 0.170 e. The maximum atomic E-state index is 5.92. The number of hydrogen-bond acceptors (Lipinski definition) is 3. The van der Waals surface area contributed by atoms with E-state index in [1.165, 1.54) is 103 Å². The standard InChI is InChI=1S/C23H47NO2/c1-5-7-8-9-10-13-17-22(23(6-2,25-3)26-4)18-16-21-24-19-14-11-12-15-20-24/h22H,5-21H2,1-4H3. The first-order valence-corrected chi connectivity index (χ1v) is 11.5. The minimum atomic E-state index is -0.387. The Labute approximate surface area is 164 Å². The Balaban J connectivity index is 2.45. The summed E-state index contributed by atoms with van der Waals surface area (Å²) in [6, 6.07) is 0. The lowest BCUT2D eigenvalue weighted by Crippen LogP contribution is -2.42. The molecule has 0 bridgehead atoms. The highest BCUT2D eigenvalue weighted by Gasteiger charge is 2.36. The molecule has 0 N–H and O–H groups in total. The number of likely N-dealkylation sites (tertiary alicyclic amines) is 1. The zero-order valence-electron chi connectivity index (χ0n) is 18.4. The van der Waals surface area contributed by atoms with Crippen LogP contribution in [0.1, 0.15) is 104 Å². The van der Waals surface area contributed by atoms with E-state index in [2.05, 4.69) is 18.7 Å². The van der Waals surface area contributed by atoms with Crippen LogP contribution in [0.4, 0.5) is 0 Å². The number of ether oxygens (including phenoxy) is 2. The maximum absolute atomic E-state index is 5.92. The predicted octanol–water partition coefficient (Wildman–Crippen LogP) is 6.41. The van der Waals surface area contributed by atoms with E-state index in [4.69, 9.17) is 9.47 Å². The molecule has 0 aromatic heterocycles. The second-order valence-electron chi connectivity index (χ2n) is 8.23. The van der Waals surface area contributed by atoms with Crippen LogP contribution in [0.2, 0.25) is 0 Å². The lowest BCUT2D eigenvalue weighted by molar-refractivity contribution is -0.244. The lowest BCUT2D eigenvalue weighted by Gasteiger charge is -2.38. The minimum Gasteiger partial charge on any atom is -0.353 e. The third-order valence-electron chi connectivity index (χ3n) is 6.44. The molecule has 0 amide bonds. The molecular weight excluding hydrogens is 322 g/mol. The molecule has 0 radical (unpaired) electrons. The number of hydrogen-bond donors (Lipinski definition) is 0. The van der Waals surface area contributed by atoms with Crippen LogP contribution >= 0.6 is 0 Å². The Kier molecular flexibility index (Phi) is 13.7. The number of methoxy groups -OCH3 is 2. The molecule has 0 saturated carbocycles. The van der Waals surface area contributed by atoms with Gasteiger partial charge in [0.05, 0.1) is 0 Å². The average molecular weight is 370 g/mol. The van der Waals surface area contributed by atoms with Crippen LogP contribution in [0.15, 0.2) is 0 Å². The molecule has 156 valence electrons. The summed E-state index contributed by atoms with van der Waals surface area (Å²) in [7, 11) is 3.66. The fraction of sp³-hybridized carbons (Fsp3) is 1.00. The Hall–Kier alpha value is -0.120. The molecule has 1 heterocycles. The van der Waals surface area contributed by atoms with Gasteiger partial charge in [0.15, 0.2) is 5.79 Å². The monoisotopic (exact) mass is 369 g/mol. The SMILES string of the molecule is CCCCCCCCC(CCCN1CCCCCC1)C(CC)(OC)OC. The van der Waals surface area contributed by atoms with Gasteiger partial charge in [-0.05, 0) is 58.2 Å². The molecule has 1 saturated heterocycles. The Morgan fingerprint density at radius 1 is 0.769 bits per heavy atom. The molecule has 0 aromatic rings. The summed E-state index contributed by atoms with van der Waals surface area (Å²) >= 11 is 0. The van der Waals surface area contributed by atoms with Gasteiger partial charge in [-0.2, -0.15) is 0 Å². The van der Waals surface area contributed by atoms with Crippen molar-refractivity contribution in [3.05, 3.63) is 0 Å². The van der Waals surface area contributed by atoms with E-state index in [1.54, 1.807) is 0 Å². The predicted molar refractivity (Wildman–Crippen MR) is 113 cm³/mol. The quantitative estimate of drug-likeness (QED) is 0.246. The van der Waals surface area contributed by atoms with Crippen molar-refractivity contribution in [2.45, 2.75) is 110 Å². The van der Waals surface area contributed by atoms with Gasteiger partial charge in [0.1, 0.15) is 0 Å². The lowest BCUT2D eigenvalue weighted by atomic mass is 9.86. The second kappa shape index (κ2) is 14.9. The normalized spacial score (nSPS) is 18.0. The first-order valence-electron chi connectivity index (χ1n) is 11.5. The summed E-state index contributed by atoms with van der Waals surface area (Å²) < 4.78 is 11.8. The molecule has 3 nitrogen and oxygen atoms in total. The Bertz CT molecular complexity index is 301. The molecule has 0 aromatic carbocycles. The van der Waals surface area contributed by atoms with Gasteiger partial charge in [-0.25, -0.2) is 0 Å². The third kappa shape index (κ3) is 8.71. The van der Waals surface area contributed by atoms with Gasteiger partial charge >= 0.3 is 0 Å². The highest BCUT2D eigenvalue weighted by Crippen LogP contribution is 2.34. The first-order chi connectivity index (χ1) is 12.7. The van der Waals surface area contributed by atoms with Crippen molar-refractivity contribution in [3.8, 4) is 0 Å². The molecule has 3 heteroatoms. The third-order valence-corrected chi connectivity index (χ3v) is 6.44. The van der Waals surface area contributed by atoms with Crippen molar-refractivity contribution in [1.29, 1.82) is 0 Å². The van der Waals surface area contributed by atoms with E-state index in [9.17, 15) is 0 Å². The Morgan fingerprint density at radius 2 is 1.35 bits per heavy atom. The zero-order valence-corrected chi connectivity index (χ0v) is 18.4. The van der Waals surface area contributed by atoms with Crippen molar-refractivity contribution in [3.63, 3.8) is 0 Å². The number of nitrogens with zero attached hydrogens (tertiary/aromatic N) is 1. The molecule has 1 rings (SSSR count). The first kappa shape index (κ1) is 23.9. The summed E-state index contributed by atoms with van der Waals surface area (Å²) in [6.45, 7) is 8.34. The van der Waals surface area contributed by atoms with Gasteiger partial charge in [0.2, 0.25) is 0 Å². The van der Waals surface area contributed by atoms with Gasteiger partial charge in [-0.1, -0.05) is 65.2 Å². The van der Waals surface area contributed by atoms with E-state index in [0.717, 1.165) is 6.42 Å². The molecular formula is C23H47NO2. The van der Waals surface area contributed by atoms with Gasteiger partial charge in [-0.15, -0.1) is 0 Å². The zero-order chi connectivity index (χ0) is 19.1. The largest absolute Gasteiger partial charge is 0.353 e. The van der Waals surface area contributed by atoms with Gasteiger partial charge in [-0.3, -0.25) is 0 Å². The molecule has 1 aliphatic rings. The highest BCUT2D eigenvalue weighted by atomic mass is 16.7. The van der Waals surface area contributed by atoms with Crippen LogP contribution < -0.4 is 0 Å². The van der Waals surface area contributed by atoms with Crippen LogP contribution in [-0.4, -0.2) is 44.5 Å². The minimum absolute atomic E-state index is 0.387. The summed E-state index contributed by atoms with van der Waals surface area (Å²) in [5.41, 5.74) is 0. The van der Waals surface area contributed by atoms with Crippen molar-refractivity contribution < 1.29 is 9.47 Å². The summed E-state index contributed by atoms with van der Waals surface area (Å²) in [5, 5.41) is 0. The van der Waals surface area contributed by atoms with Crippen LogP contribution in [-0.2, 0) is 9.47 Å². The molecule has 1 fully saturated rings. The molecule has 1 aliphatic heterocycles. The van der Waals surface area contributed by atoms with Crippen molar-refractivity contribution in [2.75, 3.05) is 33.9 Å². The van der Waals surface area contributed by atoms with Gasteiger partial charge in [0.25, 0.3) is 0 Å². The summed E-state index contributed by atoms with van der Waals surface area (Å²) in [4.78, 5) is 2.68. The number of unbranched alkanes of at least 4 members (excludes halogenated alkanes) is 5. The average Bonchev–Trinajstić information content (AvgIpc) is 2.94.